The Balaban J connectivity index is 1.65. The quantitative estimate of drug-likeness (QED) is 0.340. The molecule has 0 amide bonds. The second-order valence-electron chi connectivity index (χ2n) is 7.73. The lowest BCUT2D eigenvalue weighted by atomic mass is 9.93. The molecule has 0 heterocycles. The molecule has 2 N–H and O–H groups in total. The molecule has 0 aliphatic carbocycles. The summed E-state index contributed by atoms with van der Waals surface area (Å²) in [5, 5.41) is 12.3. The molecule has 2 atom stereocenters. The zero-order chi connectivity index (χ0) is 24.0. The van der Waals surface area contributed by atoms with Gasteiger partial charge >= 0.3 is 12.1 Å². The van der Waals surface area contributed by atoms with E-state index < -0.39 is 23.8 Å². The van der Waals surface area contributed by atoms with Crippen LogP contribution >= 0.6 is 11.6 Å². The molecule has 3 rings (SSSR count). The number of carboxylic acids is 1. The average molecular weight is 478 g/mol. The number of alkyl halides is 3. The van der Waals surface area contributed by atoms with Crippen molar-refractivity contribution in [3.63, 3.8) is 0 Å². The van der Waals surface area contributed by atoms with Gasteiger partial charge < -0.3 is 15.2 Å². The summed E-state index contributed by atoms with van der Waals surface area (Å²) in [6, 6.07) is 18.7. The van der Waals surface area contributed by atoms with E-state index in [1.807, 2.05) is 54.6 Å². The molecule has 2 unspecified atom stereocenters. The third-order valence-corrected chi connectivity index (χ3v) is 5.52. The highest BCUT2D eigenvalue weighted by Gasteiger charge is 2.31. The normalized spacial score (nSPS) is 13.2. The van der Waals surface area contributed by atoms with Crippen LogP contribution in [0, 0.1) is 5.92 Å². The van der Waals surface area contributed by atoms with E-state index >= 15 is 0 Å². The number of aliphatic carboxylic acids is 1. The summed E-state index contributed by atoms with van der Waals surface area (Å²) in [6.45, 7) is 1.77. The maximum absolute atomic E-state index is 12.8. The molecule has 0 fully saturated rings. The second-order valence-corrected chi connectivity index (χ2v) is 8.14. The first kappa shape index (κ1) is 24.5. The summed E-state index contributed by atoms with van der Waals surface area (Å²) in [7, 11) is 0. The van der Waals surface area contributed by atoms with Gasteiger partial charge in [-0.05, 0) is 66.8 Å². The van der Waals surface area contributed by atoms with E-state index in [4.69, 9.17) is 16.3 Å². The van der Waals surface area contributed by atoms with Crippen molar-refractivity contribution in [2.75, 3.05) is 5.32 Å². The van der Waals surface area contributed by atoms with Gasteiger partial charge in [-0.15, -0.1) is 0 Å². The zero-order valence-corrected chi connectivity index (χ0v) is 18.5. The molecule has 33 heavy (non-hydrogen) atoms. The molecule has 0 bridgehead atoms. The van der Waals surface area contributed by atoms with Crippen LogP contribution in [0.1, 0.15) is 24.5 Å². The molecule has 0 radical (unpaired) electrons. The number of aryl methyl sites for hydroxylation is 1. The predicted octanol–water partition coefficient (Wildman–Crippen LogP) is 7.29. The number of benzene rings is 3. The molecular weight excluding hydrogens is 455 g/mol. The smallest absolute Gasteiger partial charge is 0.416 e. The summed E-state index contributed by atoms with van der Waals surface area (Å²) >= 11 is 5.98. The van der Waals surface area contributed by atoms with Crippen LogP contribution in [0.25, 0.3) is 0 Å². The lowest BCUT2D eigenvalue weighted by Crippen LogP contribution is -2.36. The van der Waals surface area contributed by atoms with Gasteiger partial charge in [0.1, 0.15) is 17.5 Å². The largest absolute Gasteiger partial charge is 0.480 e. The molecule has 0 aliphatic rings. The maximum Gasteiger partial charge on any atom is 0.416 e. The Morgan fingerprint density at radius 3 is 2.36 bits per heavy atom. The van der Waals surface area contributed by atoms with Gasteiger partial charge in [-0.25, -0.2) is 4.79 Å². The van der Waals surface area contributed by atoms with Crippen molar-refractivity contribution in [1.29, 1.82) is 0 Å². The Kier molecular flexibility index (Phi) is 7.87. The first-order valence-corrected chi connectivity index (χ1v) is 10.7. The van der Waals surface area contributed by atoms with E-state index in [1.54, 1.807) is 6.92 Å². The fourth-order valence-corrected chi connectivity index (χ4v) is 3.61. The van der Waals surface area contributed by atoms with Crippen molar-refractivity contribution >= 4 is 23.3 Å². The minimum Gasteiger partial charge on any atom is -0.480 e. The third-order valence-electron chi connectivity index (χ3n) is 5.21. The summed E-state index contributed by atoms with van der Waals surface area (Å²) in [4.78, 5) is 11.8. The number of halogens is 4. The third kappa shape index (κ3) is 6.89. The van der Waals surface area contributed by atoms with Crippen LogP contribution in [0.3, 0.4) is 0 Å². The van der Waals surface area contributed by atoms with Gasteiger partial charge in [-0.1, -0.05) is 48.9 Å². The summed E-state index contributed by atoms with van der Waals surface area (Å²) in [6.07, 6.45) is -3.41. The number of ether oxygens (including phenoxy) is 1. The molecule has 3 aromatic carbocycles. The number of para-hydroxylation sites is 1. The molecule has 0 spiro atoms. The molecular formula is C25H23ClF3NO3. The highest BCUT2D eigenvalue weighted by atomic mass is 35.5. The summed E-state index contributed by atoms with van der Waals surface area (Å²) in [5.41, 5.74) is 0.227. The molecule has 0 saturated heterocycles. The van der Waals surface area contributed by atoms with Crippen LogP contribution in [-0.4, -0.2) is 17.1 Å². The number of carboxylic acid groups (broad SMARTS) is 1. The number of nitrogens with one attached hydrogen (secondary N) is 1. The van der Waals surface area contributed by atoms with Crippen LogP contribution in [0.5, 0.6) is 11.5 Å². The van der Waals surface area contributed by atoms with Crippen molar-refractivity contribution < 1.29 is 27.8 Å². The Morgan fingerprint density at radius 1 is 1.03 bits per heavy atom. The highest BCUT2D eigenvalue weighted by Crippen LogP contribution is 2.34. The first-order valence-electron chi connectivity index (χ1n) is 10.3. The van der Waals surface area contributed by atoms with Crippen molar-refractivity contribution in [2.45, 2.75) is 32.0 Å². The van der Waals surface area contributed by atoms with Crippen molar-refractivity contribution in [3.8, 4) is 11.5 Å². The molecule has 8 heteroatoms. The van der Waals surface area contributed by atoms with Crippen LogP contribution < -0.4 is 10.1 Å². The lowest BCUT2D eigenvalue weighted by molar-refractivity contribution is -0.139. The van der Waals surface area contributed by atoms with E-state index in [2.05, 4.69) is 5.32 Å². The highest BCUT2D eigenvalue weighted by molar-refractivity contribution is 6.33. The van der Waals surface area contributed by atoms with Gasteiger partial charge in [0.2, 0.25) is 0 Å². The Labute approximate surface area is 195 Å². The van der Waals surface area contributed by atoms with Crippen LogP contribution in [0.2, 0.25) is 5.02 Å². The summed E-state index contributed by atoms with van der Waals surface area (Å²) in [5.74, 6) is -0.0541. The van der Waals surface area contributed by atoms with Crippen molar-refractivity contribution in [3.05, 3.63) is 88.9 Å². The van der Waals surface area contributed by atoms with Crippen LogP contribution in [0.15, 0.2) is 72.8 Å². The van der Waals surface area contributed by atoms with E-state index in [0.29, 0.717) is 24.3 Å². The van der Waals surface area contributed by atoms with E-state index in [9.17, 15) is 23.1 Å². The first-order chi connectivity index (χ1) is 15.6. The van der Waals surface area contributed by atoms with Crippen molar-refractivity contribution in [2.24, 2.45) is 5.92 Å². The van der Waals surface area contributed by atoms with E-state index in [1.165, 1.54) is 0 Å². The average Bonchev–Trinajstić information content (AvgIpc) is 2.76. The molecule has 0 aliphatic heterocycles. The fraction of sp³-hybridized carbons (Fsp3) is 0.240. The van der Waals surface area contributed by atoms with Gasteiger partial charge in [0.05, 0.1) is 16.3 Å². The van der Waals surface area contributed by atoms with Crippen LogP contribution in [-0.2, 0) is 17.4 Å². The maximum atomic E-state index is 12.8. The van der Waals surface area contributed by atoms with Gasteiger partial charge in [-0.2, -0.15) is 13.2 Å². The Hall–Kier alpha value is -3.19. The number of hydrogen-bond acceptors (Lipinski definition) is 3. The lowest BCUT2D eigenvalue weighted by Gasteiger charge is -2.23. The standard InChI is InChI=1S/C25H23ClF3NO3/c1-16(10-11-17-6-5-9-20(14-17)33-19-7-3-2-4-8-19)23(24(31)32)30-22-13-12-18(15-21(22)26)25(27,28)29/h2-9,12-16,23,30H,10-11H2,1H3,(H,31,32). The molecule has 3 aromatic rings. The topological polar surface area (TPSA) is 58.6 Å². The SMILES string of the molecule is CC(CCc1cccc(Oc2ccccc2)c1)C(Nc1ccc(C(F)(F)F)cc1Cl)C(=O)O. The van der Waals surface area contributed by atoms with E-state index in [-0.39, 0.29) is 16.6 Å². The fourth-order valence-electron chi connectivity index (χ4n) is 3.37. The van der Waals surface area contributed by atoms with Gasteiger partial charge in [0, 0.05) is 0 Å². The monoisotopic (exact) mass is 477 g/mol. The minimum absolute atomic E-state index is 0.141. The molecule has 0 saturated carbocycles. The Bertz CT molecular complexity index is 1090. The number of hydrogen-bond donors (Lipinski definition) is 2. The number of carbonyl (C=O) groups is 1. The van der Waals surface area contributed by atoms with Gasteiger partial charge in [0.25, 0.3) is 0 Å². The van der Waals surface area contributed by atoms with Gasteiger partial charge in [0.15, 0.2) is 0 Å². The zero-order valence-electron chi connectivity index (χ0n) is 17.8. The van der Waals surface area contributed by atoms with Crippen molar-refractivity contribution in [1.82, 2.24) is 0 Å². The Morgan fingerprint density at radius 2 is 1.73 bits per heavy atom. The predicted molar refractivity (Wildman–Crippen MR) is 122 cm³/mol. The number of anilines is 1. The summed E-state index contributed by atoms with van der Waals surface area (Å²) < 4.78 is 44.4. The minimum atomic E-state index is -4.53. The van der Waals surface area contributed by atoms with Gasteiger partial charge in [-0.3, -0.25) is 0 Å². The second kappa shape index (κ2) is 10.6. The number of rotatable bonds is 9. The molecule has 0 aromatic heterocycles. The molecule has 174 valence electrons. The molecule has 4 nitrogen and oxygen atoms in total. The van der Waals surface area contributed by atoms with E-state index in [0.717, 1.165) is 23.8 Å². The van der Waals surface area contributed by atoms with Crippen LogP contribution in [0.4, 0.5) is 18.9 Å².